The summed E-state index contributed by atoms with van der Waals surface area (Å²) < 4.78 is 5.03. The molecule has 0 radical (unpaired) electrons. The van der Waals surface area contributed by atoms with Crippen LogP contribution in [-0.4, -0.2) is 43.7 Å². The summed E-state index contributed by atoms with van der Waals surface area (Å²) in [6, 6.07) is 0.147. The molecule has 0 aromatic rings. The van der Waals surface area contributed by atoms with E-state index in [-0.39, 0.29) is 23.9 Å². The predicted octanol–water partition coefficient (Wildman–Crippen LogP) is 0.853. The Morgan fingerprint density at radius 1 is 1.47 bits per heavy atom. The fourth-order valence-electron chi connectivity index (χ4n) is 1.30. The number of carbonyl (C=O) groups is 1. The normalized spacial score (nSPS) is 15.9. The first-order valence-electron chi connectivity index (χ1n) is 5.25. The maximum absolute atomic E-state index is 11.9. The van der Waals surface area contributed by atoms with Gasteiger partial charge in [-0.05, 0) is 12.3 Å². The molecule has 0 bridgehead atoms. The minimum atomic E-state index is -0.528. The second kappa shape index (κ2) is 5.47. The summed E-state index contributed by atoms with van der Waals surface area (Å²) in [6.07, 6.45) is -0.528. The third kappa shape index (κ3) is 3.80. The van der Waals surface area contributed by atoms with Gasteiger partial charge in [-0.15, -0.1) is 0 Å². The average molecular weight is 216 g/mol. The highest BCUT2D eigenvalue weighted by Crippen LogP contribution is 2.23. The molecule has 0 heterocycles. The zero-order chi connectivity index (χ0) is 12.2. The number of hydrogen-bond donors (Lipinski definition) is 1. The molecule has 0 rings (SSSR count). The van der Waals surface area contributed by atoms with Crippen LogP contribution in [0.5, 0.6) is 0 Å². The van der Waals surface area contributed by atoms with Crippen LogP contribution >= 0.6 is 0 Å². The Morgan fingerprint density at radius 3 is 2.20 bits per heavy atom. The van der Waals surface area contributed by atoms with Crippen LogP contribution < -0.4 is 5.73 Å². The zero-order valence-electron chi connectivity index (χ0n) is 10.7. The lowest BCUT2D eigenvalue weighted by atomic mass is 9.87. The SMILES string of the molecule is COC(CN)C(=O)N(C)C(C)C(C)(C)C. The Hall–Kier alpha value is -0.610. The van der Waals surface area contributed by atoms with Crippen LogP contribution in [0.4, 0.5) is 0 Å². The second-order valence-electron chi connectivity index (χ2n) is 4.95. The van der Waals surface area contributed by atoms with Gasteiger partial charge in [0.2, 0.25) is 0 Å². The summed E-state index contributed by atoms with van der Waals surface area (Å²) in [5.41, 5.74) is 5.51. The van der Waals surface area contributed by atoms with Crippen molar-refractivity contribution in [2.45, 2.75) is 39.8 Å². The Morgan fingerprint density at radius 2 is 1.93 bits per heavy atom. The van der Waals surface area contributed by atoms with Gasteiger partial charge in [0.25, 0.3) is 5.91 Å². The third-order valence-electron chi connectivity index (χ3n) is 2.96. The smallest absolute Gasteiger partial charge is 0.253 e. The Labute approximate surface area is 92.8 Å². The molecule has 2 atom stereocenters. The van der Waals surface area contributed by atoms with Crippen LogP contribution in [0.2, 0.25) is 0 Å². The van der Waals surface area contributed by atoms with E-state index in [9.17, 15) is 4.79 Å². The summed E-state index contributed by atoms with van der Waals surface area (Å²) in [4.78, 5) is 13.6. The number of methoxy groups -OCH3 is 1. The van der Waals surface area contributed by atoms with Crippen molar-refractivity contribution >= 4 is 5.91 Å². The Kier molecular flexibility index (Phi) is 5.24. The largest absolute Gasteiger partial charge is 0.370 e. The minimum absolute atomic E-state index is 0.0529. The molecular weight excluding hydrogens is 192 g/mol. The Bertz CT molecular complexity index is 207. The van der Waals surface area contributed by atoms with Crippen molar-refractivity contribution < 1.29 is 9.53 Å². The van der Waals surface area contributed by atoms with Crippen molar-refractivity contribution in [1.82, 2.24) is 4.90 Å². The number of nitrogens with zero attached hydrogens (tertiary/aromatic N) is 1. The highest BCUT2D eigenvalue weighted by atomic mass is 16.5. The molecule has 15 heavy (non-hydrogen) atoms. The lowest BCUT2D eigenvalue weighted by molar-refractivity contribution is -0.143. The zero-order valence-corrected chi connectivity index (χ0v) is 10.7. The first kappa shape index (κ1) is 14.4. The molecule has 2 unspecified atom stereocenters. The van der Waals surface area contributed by atoms with Crippen molar-refractivity contribution in [2.75, 3.05) is 20.7 Å². The summed E-state index contributed by atoms with van der Waals surface area (Å²) in [5.74, 6) is -0.0533. The minimum Gasteiger partial charge on any atom is -0.370 e. The van der Waals surface area contributed by atoms with Crippen molar-refractivity contribution in [3.8, 4) is 0 Å². The van der Waals surface area contributed by atoms with Crippen LogP contribution in [0, 0.1) is 5.41 Å². The maximum atomic E-state index is 11.9. The van der Waals surface area contributed by atoms with Crippen LogP contribution in [0.3, 0.4) is 0 Å². The molecule has 0 aromatic heterocycles. The Balaban J connectivity index is 4.57. The molecule has 0 saturated heterocycles. The van der Waals surface area contributed by atoms with Gasteiger partial charge in [-0.2, -0.15) is 0 Å². The molecule has 0 spiro atoms. The number of nitrogens with two attached hydrogens (primary N) is 1. The molecule has 0 aliphatic carbocycles. The number of likely N-dealkylation sites (N-methyl/N-ethyl adjacent to an activating group) is 1. The van der Waals surface area contributed by atoms with Gasteiger partial charge >= 0.3 is 0 Å². The number of rotatable bonds is 4. The van der Waals surface area contributed by atoms with Gasteiger partial charge in [0.05, 0.1) is 0 Å². The van der Waals surface area contributed by atoms with Crippen molar-refractivity contribution in [2.24, 2.45) is 11.1 Å². The van der Waals surface area contributed by atoms with E-state index in [0.29, 0.717) is 0 Å². The van der Waals surface area contributed by atoms with E-state index in [0.717, 1.165) is 0 Å². The van der Waals surface area contributed by atoms with Gasteiger partial charge in [-0.1, -0.05) is 20.8 Å². The van der Waals surface area contributed by atoms with Crippen LogP contribution in [0.1, 0.15) is 27.7 Å². The monoisotopic (exact) mass is 216 g/mol. The maximum Gasteiger partial charge on any atom is 0.253 e. The first-order chi connectivity index (χ1) is 6.75. The highest BCUT2D eigenvalue weighted by molar-refractivity contribution is 5.81. The fourth-order valence-corrected chi connectivity index (χ4v) is 1.30. The first-order valence-corrected chi connectivity index (χ1v) is 5.25. The second-order valence-corrected chi connectivity index (χ2v) is 4.95. The van der Waals surface area contributed by atoms with E-state index in [2.05, 4.69) is 20.8 Å². The van der Waals surface area contributed by atoms with E-state index >= 15 is 0 Å². The number of hydrogen-bond acceptors (Lipinski definition) is 3. The molecule has 90 valence electrons. The molecular formula is C11H24N2O2. The molecule has 4 heteroatoms. The van der Waals surface area contributed by atoms with E-state index in [4.69, 9.17) is 10.5 Å². The van der Waals surface area contributed by atoms with Gasteiger partial charge in [0.15, 0.2) is 0 Å². The summed E-state index contributed by atoms with van der Waals surface area (Å²) in [6.45, 7) is 8.56. The molecule has 1 amide bonds. The molecule has 0 aromatic carbocycles. The van der Waals surface area contributed by atoms with E-state index in [1.54, 1.807) is 11.9 Å². The molecule has 4 nitrogen and oxygen atoms in total. The fraction of sp³-hybridized carbons (Fsp3) is 0.909. The van der Waals surface area contributed by atoms with Gasteiger partial charge < -0.3 is 15.4 Å². The van der Waals surface area contributed by atoms with E-state index in [1.165, 1.54) is 7.11 Å². The average Bonchev–Trinajstić information content (AvgIpc) is 2.15. The van der Waals surface area contributed by atoms with Crippen LogP contribution in [0.25, 0.3) is 0 Å². The molecule has 0 saturated carbocycles. The standard InChI is InChI=1S/C11H24N2O2/c1-8(11(2,3)4)13(5)10(14)9(7-12)15-6/h8-9H,7,12H2,1-6H3. The molecule has 0 fully saturated rings. The number of amides is 1. The van der Waals surface area contributed by atoms with Crippen molar-refractivity contribution in [3.05, 3.63) is 0 Å². The topological polar surface area (TPSA) is 55.6 Å². The number of carbonyl (C=O) groups excluding carboxylic acids is 1. The van der Waals surface area contributed by atoms with Gasteiger partial charge in [0, 0.05) is 26.7 Å². The van der Waals surface area contributed by atoms with Crippen LogP contribution in [-0.2, 0) is 9.53 Å². The summed E-state index contributed by atoms with van der Waals surface area (Å²) >= 11 is 0. The molecule has 2 N–H and O–H groups in total. The summed E-state index contributed by atoms with van der Waals surface area (Å²) in [7, 11) is 3.30. The lowest BCUT2D eigenvalue weighted by Crippen LogP contribution is -2.49. The third-order valence-corrected chi connectivity index (χ3v) is 2.96. The van der Waals surface area contributed by atoms with Gasteiger partial charge in [-0.3, -0.25) is 4.79 Å². The summed E-state index contributed by atoms with van der Waals surface area (Å²) in [5, 5.41) is 0. The van der Waals surface area contributed by atoms with E-state index < -0.39 is 6.10 Å². The predicted molar refractivity (Wildman–Crippen MR) is 61.5 cm³/mol. The van der Waals surface area contributed by atoms with Crippen molar-refractivity contribution in [3.63, 3.8) is 0 Å². The van der Waals surface area contributed by atoms with E-state index in [1.807, 2.05) is 6.92 Å². The van der Waals surface area contributed by atoms with Crippen molar-refractivity contribution in [1.29, 1.82) is 0 Å². The molecule has 0 aliphatic rings. The molecule has 0 aliphatic heterocycles. The lowest BCUT2D eigenvalue weighted by Gasteiger charge is -2.36. The van der Waals surface area contributed by atoms with Gasteiger partial charge in [0.1, 0.15) is 6.10 Å². The van der Waals surface area contributed by atoms with Gasteiger partial charge in [-0.25, -0.2) is 0 Å². The number of ether oxygens (including phenoxy) is 1. The van der Waals surface area contributed by atoms with Crippen LogP contribution in [0.15, 0.2) is 0 Å². The quantitative estimate of drug-likeness (QED) is 0.758. The highest BCUT2D eigenvalue weighted by Gasteiger charge is 2.30.